The van der Waals surface area contributed by atoms with Crippen LogP contribution in [0.5, 0.6) is 0 Å². The van der Waals surface area contributed by atoms with Crippen molar-refractivity contribution in [1.29, 1.82) is 0 Å². The van der Waals surface area contributed by atoms with E-state index in [-0.39, 0.29) is 5.91 Å². The molecular formula is C20H23N7O. The molecule has 0 unspecified atom stereocenters. The predicted octanol–water partition coefficient (Wildman–Crippen LogP) is 1.73. The molecule has 8 nitrogen and oxygen atoms in total. The van der Waals surface area contributed by atoms with Gasteiger partial charge in [-0.15, -0.1) is 5.10 Å². The minimum Gasteiger partial charge on any atom is -0.354 e. The van der Waals surface area contributed by atoms with Crippen LogP contribution in [-0.2, 0) is 6.54 Å². The van der Waals surface area contributed by atoms with Crippen molar-refractivity contribution in [3.05, 3.63) is 66.1 Å². The van der Waals surface area contributed by atoms with E-state index in [1.54, 1.807) is 29.3 Å². The van der Waals surface area contributed by atoms with Crippen molar-refractivity contribution >= 4 is 17.4 Å². The number of nitrogens with one attached hydrogen (secondary N) is 1. The van der Waals surface area contributed by atoms with Gasteiger partial charge >= 0.3 is 0 Å². The molecule has 3 aromatic rings. The van der Waals surface area contributed by atoms with Crippen molar-refractivity contribution in [2.24, 2.45) is 0 Å². The second kappa shape index (κ2) is 8.18. The number of anilines is 2. The Bertz CT molecular complexity index is 916. The number of likely N-dealkylation sites (N-methyl/N-ethyl adjacent to an activating group) is 1. The molecule has 0 atom stereocenters. The molecule has 144 valence electrons. The van der Waals surface area contributed by atoms with Gasteiger partial charge in [0.05, 0.1) is 24.6 Å². The lowest BCUT2D eigenvalue weighted by atomic mass is 10.1. The molecule has 4 rings (SSSR count). The number of hydrogen-bond donors (Lipinski definition) is 1. The third kappa shape index (κ3) is 4.34. The highest BCUT2D eigenvalue weighted by Gasteiger charge is 2.15. The van der Waals surface area contributed by atoms with Crippen molar-refractivity contribution in [2.45, 2.75) is 6.54 Å². The fourth-order valence-electron chi connectivity index (χ4n) is 3.20. The lowest BCUT2D eigenvalue weighted by Crippen LogP contribution is -2.44. The molecule has 8 heteroatoms. The largest absolute Gasteiger partial charge is 0.354 e. The van der Waals surface area contributed by atoms with E-state index in [0.29, 0.717) is 17.8 Å². The van der Waals surface area contributed by atoms with Crippen LogP contribution in [0.15, 0.2) is 55.0 Å². The molecule has 0 radical (unpaired) electrons. The quantitative estimate of drug-likeness (QED) is 0.729. The molecule has 1 fully saturated rings. The van der Waals surface area contributed by atoms with E-state index >= 15 is 0 Å². The average molecular weight is 377 g/mol. The minimum absolute atomic E-state index is 0.158. The van der Waals surface area contributed by atoms with Crippen LogP contribution in [0.2, 0.25) is 0 Å². The zero-order chi connectivity index (χ0) is 19.3. The average Bonchev–Trinajstić information content (AvgIpc) is 3.22. The first-order valence-electron chi connectivity index (χ1n) is 9.31. The predicted molar refractivity (Wildman–Crippen MR) is 107 cm³/mol. The zero-order valence-electron chi connectivity index (χ0n) is 15.8. The molecule has 1 N–H and O–H groups in total. The van der Waals surface area contributed by atoms with Crippen molar-refractivity contribution in [3.63, 3.8) is 0 Å². The summed E-state index contributed by atoms with van der Waals surface area (Å²) in [6.07, 6.45) is 5.14. The first-order chi connectivity index (χ1) is 13.7. The van der Waals surface area contributed by atoms with Crippen molar-refractivity contribution in [2.75, 3.05) is 43.4 Å². The Balaban J connectivity index is 1.39. The van der Waals surface area contributed by atoms with E-state index in [1.165, 1.54) is 0 Å². The third-order valence-electron chi connectivity index (χ3n) is 4.84. The highest BCUT2D eigenvalue weighted by atomic mass is 16.1. The molecule has 1 aliphatic rings. The molecule has 0 aliphatic carbocycles. The number of piperazine rings is 1. The van der Waals surface area contributed by atoms with Crippen molar-refractivity contribution in [3.8, 4) is 0 Å². The molecule has 0 bridgehead atoms. The van der Waals surface area contributed by atoms with E-state index in [9.17, 15) is 4.79 Å². The number of carbonyl (C=O) groups excluding carboxylic acids is 1. The van der Waals surface area contributed by atoms with Crippen molar-refractivity contribution < 1.29 is 4.79 Å². The summed E-state index contributed by atoms with van der Waals surface area (Å²) < 4.78 is 1.72. The molecular weight excluding hydrogens is 354 g/mol. The molecule has 1 amide bonds. The Morgan fingerprint density at radius 2 is 2.00 bits per heavy atom. The molecule has 2 aromatic heterocycles. The summed E-state index contributed by atoms with van der Waals surface area (Å²) >= 11 is 0. The van der Waals surface area contributed by atoms with Gasteiger partial charge < -0.3 is 15.1 Å². The van der Waals surface area contributed by atoms with Crippen LogP contribution in [0, 0.1) is 0 Å². The molecule has 1 saturated heterocycles. The number of benzene rings is 1. The Kier molecular flexibility index (Phi) is 5.29. The summed E-state index contributed by atoms with van der Waals surface area (Å²) in [5, 5.41) is 10.7. The Hall–Kier alpha value is -3.26. The summed E-state index contributed by atoms with van der Waals surface area (Å²) in [6.45, 7) is 4.57. The van der Waals surface area contributed by atoms with Gasteiger partial charge in [-0.3, -0.25) is 4.79 Å². The Labute approximate surface area is 163 Å². The monoisotopic (exact) mass is 377 g/mol. The lowest BCUT2D eigenvalue weighted by molar-refractivity contribution is 0.102. The van der Waals surface area contributed by atoms with Gasteiger partial charge in [-0.05, 0) is 36.9 Å². The maximum Gasteiger partial charge on any atom is 0.255 e. The van der Waals surface area contributed by atoms with E-state index in [1.807, 2.05) is 30.3 Å². The highest BCUT2D eigenvalue weighted by Crippen LogP contribution is 2.17. The van der Waals surface area contributed by atoms with Crippen LogP contribution in [0.3, 0.4) is 0 Å². The molecule has 28 heavy (non-hydrogen) atoms. The van der Waals surface area contributed by atoms with Gasteiger partial charge in [-0.1, -0.05) is 17.3 Å². The number of amides is 1. The van der Waals surface area contributed by atoms with Gasteiger partial charge in [0, 0.05) is 37.9 Å². The zero-order valence-corrected chi connectivity index (χ0v) is 15.8. The second-order valence-corrected chi connectivity index (χ2v) is 6.95. The van der Waals surface area contributed by atoms with Gasteiger partial charge in [0.1, 0.15) is 5.82 Å². The number of rotatable bonds is 5. The fourth-order valence-corrected chi connectivity index (χ4v) is 3.20. The first kappa shape index (κ1) is 18.1. The summed E-state index contributed by atoms with van der Waals surface area (Å²) in [5.41, 5.74) is 2.27. The van der Waals surface area contributed by atoms with Crippen molar-refractivity contribution in [1.82, 2.24) is 24.9 Å². The summed E-state index contributed by atoms with van der Waals surface area (Å²) in [4.78, 5) is 21.7. The van der Waals surface area contributed by atoms with Gasteiger partial charge in [0.25, 0.3) is 5.91 Å². The summed E-state index contributed by atoms with van der Waals surface area (Å²) in [6, 6.07) is 11.4. The number of pyridine rings is 1. The number of hydrogen-bond acceptors (Lipinski definition) is 6. The number of aromatic nitrogens is 4. The summed E-state index contributed by atoms with van der Waals surface area (Å²) in [7, 11) is 2.13. The van der Waals surface area contributed by atoms with E-state index < -0.39 is 0 Å². The van der Waals surface area contributed by atoms with Gasteiger partial charge in [0.15, 0.2) is 0 Å². The SMILES string of the molecule is CN1CCN(c2ccc(NC(=O)c3cccc(Cn4ccnn4)c3)cn2)CC1. The lowest BCUT2D eigenvalue weighted by Gasteiger charge is -2.33. The number of nitrogens with zero attached hydrogens (tertiary/aromatic N) is 6. The molecule has 0 saturated carbocycles. The molecule has 1 aromatic carbocycles. The maximum atomic E-state index is 12.6. The fraction of sp³-hybridized carbons (Fsp3) is 0.300. The molecule has 3 heterocycles. The normalized spacial score (nSPS) is 14.8. The van der Waals surface area contributed by atoms with E-state index in [0.717, 1.165) is 37.6 Å². The van der Waals surface area contributed by atoms with Crippen LogP contribution in [0.1, 0.15) is 15.9 Å². The second-order valence-electron chi connectivity index (χ2n) is 6.95. The third-order valence-corrected chi connectivity index (χ3v) is 4.84. The number of carbonyl (C=O) groups is 1. The summed E-state index contributed by atoms with van der Waals surface area (Å²) in [5.74, 6) is 0.788. The van der Waals surface area contributed by atoms with Crippen LogP contribution in [-0.4, -0.2) is 64.0 Å². The van der Waals surface area contributed by atoms with Crippen LogP contribution < -0.4 is 10.2 Å². The van der Waals surface area contributed by atoms with Crippen LogP contribution in [0.25, 0.3) is 0 Å². The molecule has 0 spiro atoms. The molecule has 1 aliphatic heterocycles. The standard InChI is InChI=1S/C20H23N7O/c1-25-9-11-26(12-10-25)19-6-5-18(14-21-19)23-20(28)17-4-2-3-16(13-17)15-27-8-7-22-24-27/h2-8,13-14H,9-12,15H2,1H3,(H,23,28). The van der Waals surface area contributed by atoms with E-state index in [4.69, 9.17) is 0 Å². The van der Waals surface area contributed by atoms with Crippen LogP contribution >= 0.6 is 0 Å². The maximum absolute atomic E-state index is 12.6. The minimum atomic E-state index is -0.158. The van der Waals surface area contributed by atoms with Gasteiger partial charge in [0.2, 0.25) is 0 Å². The van der Waals surface area contributed by atoms with Gasteiger partial charge in [-0.2, -0.15) is 0 Å². The topological polar surface area (TPSA) is 79.2 Å². The van der Waals surface area contributed by atoms with Gasteiger partial charge in [-0.25, -0.2) is 9.67 Å². The smallest absolute Gasteiger partial charge is 0.255 e. The first-order valence-corrected chi connectivity index (χ1v) is 9.31. The highest BCUT2D eigenvalue weighted by molar-refractivity contribution is 6.04. The van der Waals surface area contributed by atoms with Crippen LogP contribution in [0.4, 0.5) is 11.5 Å². The Morgan fingerprint density at radius 3 is 2.71 bits per heavy atom. The van der Waals surface area contributed by atoms with E-state index in [2.05, 4.69) is 37.5 Å². The Morgan fingerprint density at radius 1 is 1.14 bits per heavy atom.